The van der Waals surface area contributed by atoms with Crippen LogP contribution in [-0.4, -0.2) is 23.7 Å². The molecule has 26 heavy (non-hydrogen) atoms. The molecule has 0 saturated heterocycles. The summed E-state index contributed by atoms with van der Waals surface area (Å²) in [4.78, 5) is 18.2. The number of benzene rings is 2. The molecule has 136 valence electrons. The summed E-state index contributed by atoms with van der Waals surface area (Å²) in [5.74, 6) is 0.324. The molecular formula is C19H20ClN3O2S. The Labute approximate surface area is 160 Å². The van der Waals surface area contributed by atoms with Gasteiger partial charge in [0.15, 0.2) is 10.8 Å². The molecule has 0 saturated carbocycles. The lowest BCUT2D eigenvalue weighted by atomic mass is 10.1. The van der Waals surface area contributed by atoms with Gasteiger partial charge in [0.25, 0.3) is 0 Å². The number of rotatable bonds is 6. The zero-order chi connectivity index (χ0) is 18.4. The SMILES string of the molecule is CN=C(NCCCc1ccc(Cl)cc1)SCc1ccc2[nH]c(=O)oc2c1. The summed E-state index contributed by atoms with van der Waals surface area (Å²) in [5, 5.41) is 5.03. The predicted molar refractivity (Wildman–Crippen MR) is 109 cm³/mol. The van der Waals surface area contributed by atoms with Gasteiger partial charge < -0.3 is 9.73 Å². The summed E-state index contributed by atoms with van der Waals surface area (Å²) in [6.45, 7) is 0.855. The van der Waals surface area contributed by atoms with Crippen LogP contribution >= 0.6 is 23.4 Å². The fourth-order valence-corrected chi connectivity index (χ4v) is 3.51. The van der Waals surface area contributed by atoms with Gasteiger partial charge in [0.1, 0.15) is 0 Å². The number of fused-ring (bicyclic) bond motifs is 1. The van der Waals surface area contributed by atoms with Crippen LogP contribution in [0.4, 0.5) is 0 Å². The number of halogens is 1. The average molecular weight is 390 g/mol. The van der Waals surface area contributed by atoms with Gasteiger partial charge in [0.05, 0.1) is 5.52 Å². The van der Waals surface area contributed by atoms with Gasteiger partial charge in [-0.3, -0.25) is 9.98 Å². The van der Waals surface area contributed by atoms with Gasteiger partial charge in [-0.1, -0.05) is 41.6 Å². The molecule has 0 bridgehead atoms. The molecule has 7 heteroatoms. The quantitative estimate of drug-likeness (QED) is 0.376. The van der Waals surface area contributed by atoms with Gasteiger partial charge in [-0.25, -0.2) is 4.79 Å². The van der Waals surface area contributed by atoms with E-state index in [9.17, 15) is 4.79 Å². The zero-order valence-corrected chi connectivity index (χ0v) is 16.0. The molecule has 0 spiro atoms. The zero-order valence-electron chi connectivity index (χ0n) is 14.4. The van der Waals surface area contributed by atoms with Crippen LogP contribution in [0.3, 0.4) is 0 Å². The maximum absolute atomic E-state index is 11.2. The van der Waals surface area contributed by atoms with Crippen molar-refractivity contribution in [2.75, 3.05) is 13.6 Å². The molecule has 0 radical (unpaired) electrons. The molecule has 0 unspecified atom stereocenters. The number of amidine groups is 1. The summed E-state index contributed by atoms with van der Waals surface area (Å²) >= 11 is 7.53. The van der Waals surface area contributed by atoms with E-state index in [1.165, 1.54) is 5.56 Å². The second-order valence-electron chi connectivity index (χ2n) is 5.82. The molecule has 0 aliphatic heterocycles. The minimum absolute atomic E-state index is 0.428. The van der Waals surface area contributed by atoms with Gasteiger partial charge in [0.2, 0.25) is 0 Å². The smallest absolute Gasteiger partial charge is 0.408 e. The van der Waals surface area contributed by atoms with Crippen LogP contribution in [0.5, 0.6) is 0 Å². The Kier molecular flexibility index (Phi) is 6.41. The molecule has 3 aromatic rings. The molecule has 0 aliphatic rings. The van der Waals surface area contributed by atoms with Crippen molar-refractivity contribution in [3.8, 4) is 0 Å². The van der Waals surface area contributed by atoms with Gasteiger partial charge in [-0.15, -0.1) is 0 Å². The molecular weight excluding hydrogens is 370 g/mol. The van der Waals surface area contributed by atoms with Crippen molar-refractivity contribution >= 4 is 39.6 Å². The van der Waals surface area contributed by atoms with Gasteiger partial charge in [-0.2, -0.15) is 0 Å². The standard InChI is InChI=1S/C19H20ClN3O2S/c1-21-18(22-10-2-3-13-4-7-15(20)8-5-13)26-12-14-6-9-16-17(11-14)25-19(24)23-16/h4-9,11H,2-3,10,12H2,1H3,(H,21,22)(H,23,24). The molecule has 1 heterocycles. The second-order valence-corrected chi connectivity index (χ2v) is 7.22. The molecule has 0 aliphatic carbocycles. The third kappa shape index (κ3) is 5.16. The maximum Gasteiger partial charge on any atom is 0.417 e. The largest absolute Gasteiger partial charge is 0.417 e. The van der Waals surface area contributed by atoms with Crippen LogP contribution in [0.15, 0.2) is 56.7 Å². The van der Waals surface area contributed by atoms with E-state index in [0.717, 1.165) is 40.9 Å². The van der Waals surface area contributed by atoms with E-state index >= 15 is 0 Å². The number of oxazole rings is 1. The highest BCUT2D eigenvalue weighted by Crippen LogP contribution is 2.18. The van der Waals surface area contributed by atoms with Crippen LogP contribution < -0.4 is 11.1 Å². The predicted octanol–water partition coefficient (Wildman–Crippen LogP) is 4.22. The number of nitrogens with zero attached hydrogens (tertiary/aromatic N) is 1. The van der Waals surface area contributed by atoms with E-state index in [1.54, 1.807) is 18.8 Å². The highest BCUT2D eigenvalue weighted by molar-refractivity contribution is 8.13. The highest BCUT2D eigenvalue weighted by atomic mass is 35.5. The van der Waals surface area contributed by atoms with E-state index in [4.69, 9.17) is 16.0 Å². The highest BCUT2D eigenvalue weighted by Gasteiger charge is 2.05. The Morgan fingerprint density at radius 2 is 2.00 bits per heavy atom. The Balaban J connectivity index is 1.45. The van der Waals surface area contributed by atoms with E-state index in [-0.39, 0.29) is 0 Å². The van der Waals surface area contributed by atoms with E-state index in [0.29, 0.717) is 11.1 Å². The first-order valence-corrected chi connectivity index (χ1v) is 9.70. The molecule has 2 N–H and O–H groups in total. The number of thioether (sulfide) groups is 1. The summed E-state index contributed by atoms with van der Waals surface area (Å²) in [6.07, 6.45) is 2.01. The number of hydrogen-bond acceptors (Lipinski definition) is 4. The summed E-state index contributed by atoms with van der Waals surface area (Å²) in [5.41, 5.74) is 3.65. The van der Waals surface area contributed by atoms with Crippen LogP contribution in [-0.2, 0) is 12.2 Å². The normalized spacial score (nSPS) is 11.8. The van der Waals surface area contributed by atoms with Gasteiger partial charge in [0, 0.05) is 24.4 Å². The van der Waals surface area contributed by atoms with Crippen molar-refractivity contribution in [3.05, 3.63) is 69.2 Å². The van der Waals surface area contributed by atoms with Crippen molar-refractivity contribution in [1.82, 2.24) is 10.3 Å². The lowest BCUT2D eigenvalue weighted by Gasteiger charge is -2.09. The number of aromatic amines is 1. The molecule has 1 aromatic heterocycles. The number of nitrogens with one attached hydrogen (secondary N) is 2. The monoisotopic (exact) mass is 389 g/mol. The van der Waals surface area contributed by atoms with Crippen molar-refractivity contribution in [3.63, 3.8) is 0 Å². The number of hydrogen-bond donors (Lipinski definition) is 2. The minimum Gasteiger partial charge on any atom is -0.408 e. The molecule has 0 atom stereocenters. The summed E-state index contributed by atoms with van der Waals surface area (Å²) in [6, 6.07) is 13.7. The third-order valence-electron chi connectivity index (χ3n) is 3.90. The molecule has 0 amide bonds. The Bertz CT molecular complexity index is 947. The summed E-state index contributed by atoms with van der Waals surface area (Å²) in [7, 11) is 1.78. The minimum atomic E-state index is -0.428. The summed E-state index contributed by atoms with van der Waals surface area (Å²) < 4.78 is 5.10. The fourth-order valence-electron chi connectivity index (χ4n) is 2.56. The first-order valence-electron chi connectivity index (χ1n) is 8.34. The Morgan fingerprint density at radius 1 is 1.23 bits per heavy atom. The Morgan fingerprint density at radius 3 is 2.77 bits per heavy atom. The van der Waals surface area contributed by atoms with E-state index < -0.39 is 5.76 Å². The second kappa shape index (κ2) is 8.96. The molecule has 0 fully saturated rings. The molecule has 3 rings (SSSR count). The number of aromatic nitrogens is 1. The maximum atomic E-state index is 11.2. The van der Waals surface area contributed by atoms with Crippen molar-refractivity contribution in [2.24, 2.45) is 4.99 Å². The molecule has 2 aromatic carbocycles. The fraction of sp³-hybridized carbons (Fsp3) is 0.263. The van der Waals surface area contributed by atoms with Crippen LogP contribution in [0.2, 0.25) is 5.02 Å². The van der Waals surface area contributed by atoms with E-state index in [1.807, 2.05) is 30.3 Å². The average Bonchev–Trinajstić information content (AvgIpc) is 3.02. The van der Waals surface area contributed by atoms with E-state index in [2.05, 4.69) is 27.4 Å². The molecule has 5 nitrogen and oxygen atoms in total. The van der Waals surface area contributed by atoms with Crippen molar-refractivity contribution in [2.45, 2.75) is 18.6 Å². The van der Waals surface area contributed by atoms with Crippen LogP contribution in [0.25, 0.3) is 11.1 Å². The van der Waals surface area contributed by atoms with Crippen LogP contribution in [0.1, 0.15) is 17.5 Å². The van der Waals surface area contributed by atoms with Crippen molar-refractivity contribution < 1.29 is 4.42 Å². The first-order chi connectivity index (χ1) is 12.6. The number of aliphatic imine (C=N–C) groups is 1. The Hall–Kier alpha value is -2.18. The van der Waals surface area contributed by atoms with Crippen LogP contribution in [0, 0.1) is 0 Å². The number of aryl methyl sites for hydroxylation is 1. The lowest BCUT2D eigenvalue weighted by Crippen LogP contribution is -2.22. The number of H-pyrrole nitrogens is 1. The lowest BCUT2D eigenvalue weighted by molar-refractivity contribution is 0.555. The topological polar surface area (TPSA) is 70.4 Å². The van der Waals surface area contributed by atoms with Gasteiger partial charge in [-0.05, 0) is 48.2 Å². The first kappa shape index (κ1) is 18.6. The van der Waals surface area contributed by atoms with Gasteiger partial charge >= 0.3 is 5.76 Å². The van der Waals surface area contributed by atoms with Crippen molar-refractivity contribution in [1.29, 1.82) is 0 Å². The third-order valence-corrected chi connectivity index (χ3v) is 5.23.